The molecule has 1 N–H and O–H groups in total. The van der Waals surface area contributed by atoms with Gasteiger partial charge in [-0.15, -0.1) is 0 Å². The number of ether oxygens (including phenoxy) is 3. The number of anilines is 1. The Morgan fingerprint density at radius 2 is 1.65 bits per heavy atom. The van der Waals surface area contributed by atoms with Gasteiger partial charge in [-0.3, -0.25) is 9.59 Å². The van der Waals surface area contributed by atoms with Gasteiger partial charge in [0, 0.05) is 12.1 Å². The van der Waals surface area contributed by atoms with Crippen LogP contribution in [0.3, 0.4) is 0 Å². The summed E-state index contributed by atoms with van der Waals surface area (Å²) in [6.07, 6.45) is 0.602. The second-order valence-corrected chi connectivity index (χ2v) is 5.34. The van der Waals surface area contributed by atoms with Crippen LogP contribution in [0.2, 0.25) is 0 Å². The normalized spacial score (nSPS) is 10.1. The Morgan fingerprint density at radius 3 is 2.31 bits per heavy atom. The van der Waals surface area contributed by atoms with Gasteiger partial charge in [-0.2, -0.15) is 0 Å². The second-order valence-electron chi connectivity index (χ2n) is 5.34. The minimum atomic E-state index is -0.488. The number of rotatable bonds is 9. The van der Waals surface area contributed by atoms with Crippen LogP contribution in [0.5, 0.6) is 11.5 Å². The average Bonchev–Trinajstić information content (AvgIpc) is 2.66. The van der Waals surface area contributed by atoms with Crippen molar-refractivity contribution in [3.63, 3.8) is 0 Å². The lowest BCUT2D eigenvalue weighted by atomic mass is 10.3. The maximum Gasteiger partial charge on any atom is 0.306 e. The summed E-state index contributed by atoms with van der Waals surface area (Å²) < 4.78 is 28.2. The van der Waals surface area contributed by atoms with Crippen molar-refractivity contribution < 1.29 is 28.2 Å². The topological polar surface area (TPSA) is 73.9 Å². The highest BCUT2D eigenvalue weighted by atomic mass is 19.1. The summed E-state index contributed by atoms with van der Waals surface area (Å²) in [5.41, 5.74) is 0.431. The molecule has 2 aromatic rings. The number of nitrogens with one attached hydrogen (secondary N) is 1. The monoisotopic (exact) mass is 361 g/mol. The zero-order chi connectivity index (χ0) is 18.8. The molecule has 0 atom stereocenters. The van der Waals surface area contributed by atoms with E-state index in [-0.39, 0.29) is 6.42 Å². The van der Waals surface area contributed by atoms with Crippen molar-refractivity contribution in [1.29, 1.82) is 0 Å². The van der Waals surface area contributed by atoms with E-state index in [2.05, 4.69) is 5.32 Å². The molecule has 0 aliphatic heterocycles. The van der Waals surface area contributed by atoms with Crippen molar-refractivity contribution in [3.05, 3.63) is 54.3 Å². The Bertz CT molecular complexity index is 716. The average molecular weight is 361 g/mol. The molecule has 0 heterocycles. The molecule has 0 fully saturated rings. The van der Waals surface area contributed by atoms with E-state index in [1.807, 2.05) is 0 Å². The smallest absolute Gasteiger partial charge is 0.306 e. The van der Waals surface area contributed by atoms with Gasteiger partial charge in [0.2, 0.25) is 0 Å². The number of methoxy groups -OCH3 is 1. The van der Waals surface area contributed by atoms with Crippen molar-refractivity contribution in [2.24, 2.45) is 0 Å². The third-order valence-corrected chi connectivity index (χ3v) is 3.35. The van der Waals surface area contributed by atoms with Crippen LogP contribution in [-0.4, -0.2) is 32.2 Å². The number of hydrogen-bond donors (Lipinski definition) is 1. The standard InChI is InChI=1S/C19H20FNO5/c1-24-16-8-10-17(11-9-16)25-12-2-3-19(23)26-13-18(22)21-15-6-4-14(20)5-7-15/h4-11H,2-3,12-13H2,1H3,(H,21,22). The van der Waals surface area contributed by atoms with E-state index in [1.165, 1.54) is 24.3 Å². The summed E-state index contributed by atoms with van der Waals surface area (Å²) in [6, 6.07) is 12.4. The lowest BCUT2D eigenvalue weighted by Gasteiger charge is -2.08. The number of esters is 1. The molecule has 0 saturated carbocycles. The molecule has 0 unspecified atom stereocenters. The Hall–Kier alpha value is -3.09. The van der Waals surface area contributed by atoms with Crippen LogP contribution in [0.15, 0.2) is 48.5 Å². The first-order valence-corrected chi connectivity index (χ1v) is 8.05. The zero-order valence-corrected chi connectivity index (χ0v) is 14.4. The van der Waals surface area contributed by atoms with Crippen LogP contribution in [-0.2, 0) is 14.3 Å². The van der Waals surface area contributed by atoms with E-state index < -0.39 is 24.3 Å². The van der Waals surface area contributed by atoms with Gasteiger partial charge in [0.25, 0.3) is 5.91 Å². The SMILES string of the molecule is COc1ccc(OCCCC(=O)OCC(=O)Nc2ccc(F)cc2)cc1. The van der Waals surface area contributed by atoms with Gasteiger partial charge in [-0.1, -0.05) is 0 Å². The molecule has 2 aromatic carbocycles. The third-order valence-electron chi connectivity index (χ3n) is 3.35. The molecule has 7 heteroatoms. The molecule has 138 valence electrons. The maximum absolute atomic E-state index is 12.8. The summed E-state index contributed by atoms with van der Waals surface area (Å²) in [5, 5.41) is 2.50. The first-order valence-electron chi connectivity index (χ1n) is 8.05. The lowest BCUT2D eigenvalue weighted by Crippen LogP contribution is -2.21. The summed E-state index contributed by atoms with van der Waals surface area (Å²) in [4.78, 5) is 23.3. The number of carbonyl (C=O) groups excluding carboxylic acids is 2. The molecule has 1 amide bonds. The first kappa shape index (κ1) is 19.2. The van der Waals surface area contributed by atoms with Crippen molar-refractivity contribution >= 4 is 17.6 Å². The third kappa shape index (κ3) is 6.80. The molecule has 0 radical (unpaired) electrons. The summed E-state index contributed by atoms with van der Waals surface area (Å²) in [7, 11) is 1.58. The van der Waals surface area contributed by atoms with Gasteiger partial charge in [-0.05, 0) is 55.0 Å². The van der Waals surface area contributed by atoms with E-state index in [0.717, 1.165) is 5.75 Å². The molecule has 0 bridgehead atoms. The van der Waals surface area contributed by atoms with E-state index in [1.54, 1.807) is 31.4 Å². The summed E-state index contributed by atoms with van der Waals surface area (Å²) >= 11 is 0. The van der Waals surface area contributed by atoms with E-state index in [4.69, 9.17) is 14.2 Å². The number of hydrogen-bond acceptors (Lipinski definition) is 5. The van der Waals surface area contributed by atoms with Crippen molar-refractivity contribution in [3.8, 4) is 11.5 Å². The molecule has 2 rings (SSSR count). The molecular formula is C19H20FNO5. The van der Waals surface area contributed by atoms with Crippen LogP contribution < -0.4 is 14.8 Å². The Kier molecular flexibility index (Phi) is 7.42. The minimum Gasteiger partial charge on any atom is -0.497 e. The summed E-state index contributed by atoms with van der Waals surface area (Å²) in [6.45, 7) is -0.0429. The van der Waals surface area contributed by atoms with Gasteiger partial charge in [-0.25, -0.2) is 4.39 Å². The highest BCUT2D eigenvalue weighted by Gasteiger charge is 2.08. The molecule has 0 aliphatic rings. The number of halogens is 1. The second kappa shape index (κ2) is 10.0. The van der Waals surface area contributed by atoms with E-state index in [9.17, 15) is 14.0 Å². The fraction of sp³-hybridized carbons (Fsp3) is 0.263. The largest absolute Gasteiger partial charge is 0.497 e. The molecule has 0 saturated heterocycles. The quantitative estimate of drug-likeness (QED) is 0.549. The summed E-state index contributed by atoms with van der Waals surface area (Å²) in [5.74, 6) is 0.0426. The lowest BCUT2D eigenvalue weighted by molar-refractivity contribution is -0.147. The van der Waals surface area contributed by atoms with Crippen LogP contribution in [0.25, 0.3) is 0 Å². The molecule has 0 aromatic heterocycles. The molecule has 26 heavy (non-hydrogen) atoms. The first-order chi connectivity index (χ1) is 12.6. The number of benzene rings is 2. The minimum absolute atomic E-state index is 0.139. The Balaban J connectivity index is 1.59. The van der Waals surface area contributed by atoms with Gasteiger partial charge in [0.05, 0.1) is 13.7 Å². The highest BCUT2D eigenvalue weighted by Crippen LogP contribution is 2.17. The predicted molar refractivity (Wildman–Crippen MR) is 93.7 cm³/mol. The fourth-order valence-electron chi connectivity index (χ4n) is 2.03. The van der Waals surface area contributed by atoms with Crippen molar-refractivity contribution in [2.45, 2.75) is 12.8 Å². The molecule has 6 nitrogen and oxygen atoms in total. The van der Waals surface area contributed by atoms with Crippen LogP contribution in [0.1, 0.15) is 12.8 Å². The van der Waals surface area contributed by atoms with E-state index >= 15 is 0 Å². The van der Waals surface area contributed by atoms with Gasteiger partial charge >= 0.3 is 5.97 Å². The highest BCUT2D eigenvalue weighted by molar-refractivity contribution is 5.92. The molecule has 0 spiro atoms. The maximum atomic E-state index is 12.8. The predicted octanol–water partition coefficient (Wildman–Crippen LogP) is 3.18. The van der Waals surface area contributed by atoms with Crippen molar-refractivity contribution in [1.82, 2.24) is 0 Å². The van der Waals surface area contributed by atoms with Gasteiger partial charge < -0.3 is 19.5 Å². The number of carbonyl (C=O) groups is 2. The Morgan fingerprint density at radius 1 is 1.00 bits per heavy atom. The zero-order valence-electron chi connectivity index (χ0n) is 14.4. The van der Waals surface area contributed by atoms with Gasteiger partial charge in [0.1, 0.15) is 17.3 Å². The number of amides is 1. The van der Waals surface area contributed by atoms with Gasteiger partial charge in [0.15, 0.2) is 6.61 Å². The fourth-order valence-corrected chi connectivity index (χ4v) is 2.03. The van der Waals surface area contributed by atoms with Crippen molar-refractivity contribution in [2.75, 3.05) is 25.6 Å². The molecule has 0 aliphatic carbocycles. The van der Waals surface area contributed by atoms with Crippen LogP contribution in [0.4, 0.5) is 10.1 Å². The van der Waals surface area contributed by atoms with Crippen LogP contribution >= 0.6 is 0 Å². The molecular weight excluding hydrogens is 341 g/mol. The van der Waals surface area contributed by atoms with Crippen LogP contribution in [0, 0.1) is 5.82 Å². The van der Waals surface area contributed by atoms with E-state index in [0.29, 0.717) is 24.5 Å². The Labute approximate surface area is 150 Å².